The van der Waals surface area contributed by atoms with E-state index in [9.17, 15) is 0 Å². The first-order chi connectivity index (χ1) is 6.11. The van der Waals surface area contributed by atoms with E-state index in [2.05, 4.69) is 41.7 Å². The minimum absolute atomic E-state index is 0.814. The Hall–Kier alpha value is 0.440. The van der Waals surface area contributed by atoms with Gasteiger partial charge in [0.05, 0.1) is 0 Å². The number of rotatable bonds is 5. The van der Waals surface area contributed by atoms with Crippen LogP contribution >= 0.6 is 15.9 Å². The zero-order chi connectivity index (χ0) is 9.84. The summed E-state index contributed by atoms with van der Waals surface area (Å²) in [6.45, 7) is 7.17. The molecule has 1 unspecified atom stereocenters. The summed E-state index contributed by atoms with van der Waals surface area (Å²) in [5.74, 6) is 1.81. The molecule has 0 saturated heterocycles. The number of alkyl halides is 1. The molecule has 1 fully saturated rings. The molecule has 0 spiro atoms. The van der Waals surface area contributed by atoms with Crippen LogP contribution in [-0.2, 0) is 0 Å². The third-order valence-electron chi connectivity index (χ3n) is 3.07. The molecule has 78 valence electrons. The zero-order valence-corrected chi connectivity index (χ0v) is 10.7. The van der Waals surface area contributed by atoms with Crippen LogP contribution in [0.5, 0.6) is 0 Å². The summed E-state index contributed by atoms with van der Waals surface area (Å²) in [5.41, 5.74) is 0. The molecule has 1 rings (SSSR count). The van der Waals surface area contributed by atoms with Crippen LogP contribution in [0.2, 0.25) is 0 Å². The summed E-state index contributed by atoms with van der Waals surface area (Å²) in [7, 11) is 2.26. The SMILES string of the molecule is CCC(C)CN(C)CC1CC(Br)C1. The Morgan fingerprint density at radius 1 is 1.46 bits per heavy atom. The lowest BCUT2D eigenvalue weighted by molar-refractivity contribution is 0.194. The Kier molecular flexibility index (Phi) is 4.74. The molecular formula is C11H22BrN. The average molecular weight is 248 g/mol. The second-order valence-corrected chi connectivity index (χ2v) is 5.96. The highest BCUT2D eigenvalue weighted by atomic mass is 79.9. The molecule has 0 radical (unpaired) electrons. The normalized spacial score (nSPS) is 30.2. The highest BCUT2D eigenvalue weighted by Gasteiger charge is 2.27. The van der Waals surface area contributed by atoms with Gasteiger partial charge in [0, 0.05) is 17.9 Å². The van der Waals surface area contributed by atoms with Gasteiger partial charge >= 0.3 is 0 Å². The molecule has 0 aromatic rings. The van der Waals surface area contributed by atoms with E-state index < -0.39 is 0 Å². The highest BCUT2D eigenvalue weighted by molar-refractivity contribution is 9.09. The van der Waals surface area contributed by atoms with Gasteiger partial charge in [0.1, 0.15) is 0 Å². The molecule has 1 nitrogen and oxygen atoms in total. The first-order valence-electron chi connectivity index (χ1n) is 5.44. The van der Waals surface area contributed by atoms with E-state index in [4.69, 9.17) is 0 Å². The van der Waals surface area contributed by atoms with Gasteiger partial charge in [0.15, 0.2) is 0 Å². The van der Waals surface area contributed by atoms with Crippen LogP contribution in [0, 0.1) is 11.8 Å². The number of nitrogens with zero attached hydrogens (tertiary/aromatic N) is 1. The van der Waals surface area contributed by atoms with Crippen LogP contribution in [-0.4, -0.2) is 29.9 Å². The summed E-state index contributed by atoms with van der Waals surface area (Å²) < 4.78 is 0. The Balaban J connectivity index is 2.07. The molecule has 0 N–H and O–H groups in total. The number of hydrogen-bond acceptors (Lipinski definition) is 1. The van der Waals surface area contributed by atoms with Crippen molar-refractivity contribution in [3.05, 3.63) is 0 Å². The summed E-state index contributed by atoms with van der Waals surface area (Å²) in [6, 6.07) is 0. The lowest BCUT2D eigenvalue weighted by Crippen LogP contribution is -2.36. The quantitative estimate of drug-likeness (QED) is 0.675. The minimum atomic E-state index is 0.814. The van der Waals surface area contributed by atoms with Gasteiger partial charge in [0.2, 0.25) is 0 Å². The van der Waals surface area contributed by atoms with Crippen molar-refractivity contribution in [1.82, 2.24) is 4.90 Å². The predicted molar refractivity (Wildman–Crippen MR) is 62.4 cm³/mol. The molecule has 0 heterocycles. The molecule has 2 heteroatoms. The largest absolute Gasteiger partial charge is 0.306 e. The van der Waals surface area contributed by atoms with Crippen molar-refractivity contribution in [3.8, 4) is 0 Å². The smallest absolute Gasteiger partial charge is 0.0152 e. The van der Waals surface area contributed by atoms with Crippen molar-refractivity contribution in [2.75, 3.05) is 20.1 Å². The Morgan fingerprint density at radius 3 is 2.54 bits per heavy atom. The van der Waals surface area contributed by atoms with Gasteiger partial charge < -0.3 is 4.90 Å². The Bertz CT molecular complexity index is 143. The zero-order valence-electron chi connectivity index (χ0n) is 9.09. The van der Waals surface area contributed by atoms with Gasteiger partial charge in [-0.2, -0.15) is 0 Å². The molecule has 0 amide bonds. The molecule has 1 saturated carbocycles. The maximum atomic E-state index is 3.64. The van der Waals surface area contributed by atoms with Crippen LogP contribution < -0.4 is 0 Å². The fourth-order valence-electron chi connectivity index (χ4n) is 1.98. The van der Waals surface area contributed by atoms with Gasteiger partial charge in [-0.25, -0.2) is 0 Å². The van der Waals surface area contributed by atoms with E-state index in [0.29, 0.717) is 0 Å². The molecule has 1 aliphatic carbocycles. The monoisotopic (exact) mass is 247 g/mol. The van der Waals surface area contributed by atoms with Crippen molar-refractivity contribution in [2.45, 2.75) is 37.9 Å². The summed E-state index contributed by atoms with van der Waals surface area (Å²) in [6.07, 6.45) is 4.06. The second-order valence-electron chi connectivity index (χ2n) is 4.67. The van der Waals surface area contributed by atoms with Crippen LogP contribution in [0.15, 0.2) is 0 Å². The first kappa shape index (κ1) is 11.5. The molecule has 0 bridgehead atoms. The van der Waals surface area contributed by atoms with E-state index in [0.717, 1.165) is 16.7 Å². The number of halogens is 1. The van der Waals surface area contributed by atoms with Crippen molar-refractivity contribution >= 4 is 15.9 Å². The maximum absolute atomic E-state index is 3.64. The van der Waals surface area contributed by atoms with Gasteiger partial charge in [0.25, 0.3) is 0 Å². The fourth-order valence-corrected chi connectivity index (χ4v) is 3.04. The van der Waals surface area contributed by atoms with Crippen molar-refractivity contribution in [3.63, 3.8) is 0 Å². The topological polar surface area (TPSA) is 3.24 Å². The second kappa shape index (κ2) is 5.35. The number of hydrogen-bond donors (Lipinski definition) is 0. The lowest BCUT2D eigenvalue weighted by Gasteiger charge is -2.35. The Morgan fingerprint density at radius 2 is 2.08 bits per heavy atom. The van der Waals surface area contributed by atoms with Gasteiger partial charge in [-0.1, -0.05) is 36.2 Å². The standard InChI is InChI=1S/C11H22BrN/c1-4-9(2)7-13(3)8-10-5-11(12)6-10/h9-11H,4-8H2,1-3H3. The maximum Gasteiger partial charge on any atom is 0.0152 e. The summed E-state index contributed by atoms with van der Waals surface area (Å²) in [5, 5.41) is 0. The summed E-state index contributed by atoms with van der Waals surface area (Å²) >= 11 is 3.64. The molecule has 0 aromatic carbocycles. The summed E-state index contributed by atoms with van der Waals surface area (Å²) in [4.78, 5) is 3.31. The highest BCUT2D eigenvalue weighted by Crippen LogP contribution is 2.33. The van der Waals surface area contributed by atoms with Crippen molar-refractivity contribution in [2.24, 2.45) is 11.8 Å². The molecule has 1 aliphatic rings. The lowest BCUT2D eigenvalue weighted by atomic mass is 9.85. The van der Waals surface area contributed by atoms with E-state index in [1.807, 2.05) is 0 Å². The fraction of sp³-hybridized carbons (Fsp3) is 1.00. The van der Waals surface area contributed by atoms with Crippen molar-refractivity contribution < 1.29 is 0 Å². The molecule has 1 atom stereocenters. The molecule has 0 aromatic heterocycles. The average Bonchev–Trinajstić information content (AvgIpc) is 2.01. The third-order valence-corrected chi connectivity index (χ3v) is 3.82. The molecular weight excluding hydrogens is 226 g/mol. The van der Waals surface area contributed by atoms with Crippen LogP contribution in [0.1, 0.15) is 33.1 Å². The van der Waals surface area contributed by atoms with Gasteiger partial charge in [-0.3, -0.25) is 0 Å². The van der Waals surface area contributed by atoms with E-state index >= 15 is 0 Å². The minimum Gasteiger partial charge on any atom is -0.306 e. The van der Waals surface area contributed by atoms with Gasteiger partial charge in [-0.05, 0) is 31.7 Å². The van der Waals surface area contributed by atoms with E-state index in [-0.39, 0.29) is 0 Å². The first-order valence-corrected chi connectivity index (χ1v) is 6.36. The van der Waals surface area contributed by atoms with Crippen LogP contribution in [0.4, 0.5) is 0 Å². The van der Waals surface area contributed by atoms with Gasteiger partial charge in [-0.15, -0.1) is 0 Å². The van der Waals surface area contributed by atoms with Crippen LogP contribution in [0.3, 0.4) is 0 Å². The third kappa shape index (κ3) is 3.99. The molecule has 13 heavy (non-hydrogen) atoms. The van der Waals surface area contributed by atoms with E-state index in [1.54, 1.807) is 0 Å². The van der Waals surface area contributed by atoms with Crippen molar-refractivity contribution in [1.29, 1.82) is 0 Å². The Labute approximate surface area is 91.0 Å². The van der Waals surface area contributed by atoms with Crippen LogP contribution in [0.25, 0.3) is 0 Å². The van der Waals surface area contributed by atoms with E-state index in [1.165, 1.54) is 32.4 Å². The predicted octanol–water partition coefficient (Wildman–Crippen LogP) is 3.14. The molecule has 0 aliphatic heterocycles.